The van der Waals surface area contributed by atoms with Crippen LogP contribution >= 0.6 is 23.5 Å². The lowest BCUT2D eigenvalue weighted by Crippen LogP contribution is -2.68. The second kappa shape index (κ2) is 32.9. The normalized spacial score (nSPS) is 22.5. The molecule has 5 aromatic carbocycles. The molecule has 14 N–H and O–H groups in total. The van der Waals surface area contributed by atoms with Gasteiger partial charge in [0.1, 0.15) is 24.4 Å². The van der Waals surface area contributed by atoms with E-state index in [9.17, 15) is 88.8 Å². The lowest BCUT2D eigenvalue weighted by Gasteiger charge is -2.46. The quantitative estimate of drug-likeness (QED) is 0.0262. The van der Waals surface area contributed by atoms with Gasteiger partial charge < -0.3 is 91.7 Å². The van der Waals surface area contributed by atoms with E-state index in [1.54, 1.807) is 60.7 Å². The number of ketones is 2. The fourth-order valence-electron chi connectivity index (χ4n) is 12.0. The number of aliphatic carboxylic acids is 2. The molecule has 2 saturated heterocycles. The van der Waals surface area contributed by atoms with E-state index >= 15 is 0 Å². The minimum atomic E-state index is -2.53. The monoisotopic (exact) mass is 1390 g/mol. The molecule has 0 spiro atoms. The lowest BCUT2D eigenvalue weighted by molar-refractivity contribution is -0.310. The zero-order chi connectivity index (χ0) is 70.6. The predicted octanol–water partition coefficient (Wildman–Crippen LogP) is 1.02. The number of hydrogen-bond donors (Lipinski definition) is 14. The summed E-state index contributed by atoms with van der Waals surface area (Å²) in [4.78, 5) is 128. The van der Waals surface area contributed by atoms with Gasteiger partial charge in [0.25, 0.3) is 35.2 Å². The Bertz CT molecular complexity index is 3580. The molecule has 5 aromatic rings. The van der Waals surface area contributed by atoms with Crippen molar-refractivity contribution in [3.63, 3.8) is 0 Å². The van der Waals surface area contributed by atoms with Gasteiger partial charge in [-0.1, -0.05) is 60.7 Å². The summed E-state index contributed by atoms with van der Waals surface area (Å²) in [6.45, 7) is 1.12. The SMILES string of the molecule is CC(=O)N[C@H]1[C@H]([C@H](O)[C@H](O)CNC(=O)c2ccc3c(c2)C(=O)c2ccccc2-3)O[C@@](OCCCSCCNC(=O)c2ccc(C(=O)NCCSCCCO[C@]3(C(=O)O)C[C@H](O)[C@@H](NC(C)=O)[C@H]([C@H](O)[C@@H](O)CNC(=O)c4ccc5c(c4)C(=O)c4ccccc4-5)O3)cc2)(C(=O)O)C[C@@H]1O. The van der Waals surface area contributed by atoms with Crippen LogP contribution in [0, 0.1) is 0 Å². The van der Waals surface area contributed by atoms with Gasteiger partial charge in [0.2, 0.25) is 11.8 Å². The van der Waals surface area contributed by atoms with Crippen LogP contribution in [-0.4, -0.2) is 235 Å². The molecule has 98 heavy (non-hydrogen) atoms. The number of aliphatic hydroxyl groups is 6. The van der Waals surface area contributed by atoms with Crippen LogP contribution in [0.2, 0.25) is 0 Å². The number of nitrogens with one attached hydrogen (secondary N) is 6. The van der Waals surface area contributed by atoms with Crippen molar-refractivity contribution in [2.24, 2.45) is 0 Å². The molecule has 2 fully saturated rings. The zero-order valence-electron chi connectivity index (χ0n) is 53.2. The van der Waals surface area contributed by atoms with Crippen LogP contribution in [0.1, 0.15) is 113 Å². The van der Waals surface area contributed by atoms with Crippen molar-refractivity contribution in [2.75, 3.05) is 62.4 Å². The van der Waals surface area contributed by atoms with Crippen molar-refractivity contribution >= 4 is 82.5 Å². The Morgan fingerprint density at radius 1 is 0.480 bits per heavy atom. The third-order valence-electron chi connectivity index (χ3n) is 16.9. The fourth-order valence-corrected chi connectivity index (χ4v) is 13.5. The van der Waals surface area contributed by atoms with E-state index in [1.165, 1.54) is 72.1 Å². The largest absolute Gasteiger partial charge is 0.477 e. The van der Waals surface area contributed by atoms with Crippen molar-refractivity contribution in [2.45, 2.75) is 112 Å². The summed E-state index contributed by atoms with van der Waals surface area (Å²) in [5.41, 5.74) is 5.14. The lowest BCUT2D eigenvalue weighted by atomic mass is 9.88. The Kier molecular flexibility index (Phi) is 24.8. The average molecular weight is 1390 g/mol. The fraction of sp³-hybridized carbons (Fsp3) is 0.412. The number of ether oxygens (including phenoxy) is 4. The Balaban J connectivity index is 0.651. The van der Waals surface area contributed by atoms with Gasteiger partial charge in [0.05, 0.1) is 49.7 Å². The number of benzene rings is 5. The molecule has 12 atom stereocenters. The Hall–Kier alpha value is -8.50. The van der Waals surface area contributed by atoms with Gasteiger partial charge >= 0.3 is 11.9 Å². The summed E-state index contributed by atoms with van der Waals surface area (Å²) >= 11 is 2.81. The Labute approximate surface area is 569 Å². The van der Waals surface area contributed by atoms with Crippen molar-refractivity contribution in [3.8, 4) is 22.3 Å². The number of fused-ring (bicyclic) bond motifs is 6. The molecule has 30 heteroatoms. The Morgan fingerprint density at radius 2 is 0.816 bits per heavy atom. The molecule has 28 nitrogen and oxygen atoms in total. The summed E-state index contributed by atoms with van der Waals surface area (Å²) in [6, 6.07) is 26.2. The zero-order valence-corrected chi connectivity index (χ0v) is 54.8. The first kappa shape index (κ1) is 73.7. The average Bonchev–Trinajstić information content (AvgIpc) is 1.33. The van der Waals surface area contributed by atoms with Crippen molar-refractivity contribution in [1.29, 1.82) is 0 Å². The van der Waals surface area contributed by atoms with Crippen molar-refractivity contribution in [1.82, 2.24) is 31.9 Å². The number of carboxylic acids is 2. The maximum absolute atomic E-state index is 13.2. The first-order valence-electron chi connectivity index (χ1n) is 31.5. The van der Waals surface area contributed by atoms with Crippen LogP contribution in [-0.2, 0) is 38.1 Å². The maximum Gasteiger partial charge on any atom is 0.364 e. The highest BCUT2D eigenvalue weighted by atomic mass is 32.2. The van der Waals surface area contributed by atoms with Crippen LogP contribution < -0.4 is 31.9 Å². The molecule has 6 amide bonds. The topological polar surface area (TPSA) is 442 Å². The van der Waals surface area contributed by atoms with Gasteiger partial charge in [-0.2, -0.15) is 23.5 Å². The second-order valence-electron chi connectivity index (χ2n) is 23.8. The van der Waals surface area contributed by atoms with Gasteiger partial charge in [0.15, 0.2) is 11.6 Å². The van der Waals surface area contributed by atoms with E-state index in [2.05, 4.69) is 31.9 Å². The number of carboxylic acid groups (broad SMARTS) is 2. The van der Waals surface area contributed by atoms with E-state index in [4.69, 9.17) is 18.9 Å². The summed E-state index contributed by atoms with van der Waals surface area (Å²) in [6.07, 6.45) is -15.2. The number of rotatable bonds is 32. The highest BCUT2D eigenvalue weighted by Crippen LogP contribution is 2.40. The number of thioether (sulfide) groups is 2. The number of amides is 6. The van der Waals surface area contributed by atoms with Crippen LogP contribution in [0.15, 0.2) is 109 Å². The Morgan fingerprint density at radius 3 is 1.17 bits per heavy atom. The first-order valence-corrected chi connectivity index (χ1v) is 33.8. The number of hydrogen-bond acceptors (Lipinski definition) is 22. The first-order chi connectivity index (χ1) is 46.8. The molecule has 0 bridgehead atoms. The van der Waals surface area contributed by atoms with Gasteiger partial charge in [-0.15, -0.1) is 0 Å². The molecule has 9 rings (SSSR count). The van der Waals surface area contributed by atoms with Crippen molar-refractivity contribution < 1.29 is 108 Å². The molecule has 0 aromatic heterocycles. The maximum atomic E-state index is 13.2. The smallest absolute Gasteiger partial charge is 0.364 e. The summed E-state index contributed by atoms with van der Waals surface area (Å²) in [5.74, 6) is -10.7. The van der Waals surface area contributed by atoms with E-state index < -0.39 is 146 Å². The molecule has 2 aliphatic carbocycles. The van der Waals surface area contributed by atoms with Gasteiger partial charge in [-0.25, -0.2) is 9.59 Å². The molecule has 0 unspecified atom stereocenters. The standard InChI is InChI=1S/C68H76N6O22S2/c1-35(75)73-53-49(77)31-67(65(89)90,95-59(53)57(83)51(79)33-71-63(87)39-17-19-43-41-9-3-5-11-45(41)55(81)47(43)29-39)93-23-7-25-97-27-21-69-61(85)37-13-15-38(16-14-37)62(86)70-22-28-98-26-8-24-94-68(66(91)92)32-50(78)54(74-36(2)76)60(96-68)58(84)52(80)34-72-64(88)40-18-20-44-42-10-4-6-12-46(42)56(82)48(44)30-40/h3-6,9-20,29-30,49-54,57-60,77-80,83-84H,7-8,21-28,31-34H2,1-2H3,(H,69,85)(H,70,86)(H,71,87)(H,72,88)(H,73,75)(H,74,76)(H,89,90)(H,91,92)/t49-,50-,51-,52+,53+,54+,57+,58+,59+,60+,67+,68+/m0/s1. The predicted molar refractivity (Wildman–Crippen MR) is 353 cm³/mol. The summed E-state index contributed by atoms with van der Waals surface area (Å²) < 4.78 is 23.2. The number of carbonyl (C=O) groups is 10. The summed E-state index contributed by atoms with van der Waals surface area (Å²) in [7, 11) is 0. The highest BCUT2D eigenvalue weighted by Gasteiger charge is 2.57. The van der Waals surface area contributed by atoms with Gasteiger partial charge in [-0.3, -0.25) is 38.4 Å². The summed E-state index contributed by atoms with van der Waals surface area (Å²) in [5, 5.41) is 103. The molecule has 2 aliphatic heterocycles. The molecule has 4 aliphatic rings. The minimum Gasteiger partial charge on any atom is -0.477 e. The molecule has 2 heterocycles. The second-order valence-corrected chi connectivity index (χ2v) is 26.3. The molecular weight excluding hydrogens is 1320 g/mol. The third-order valence-corrected chi connectivity index (χ3v) is 19.1. The molecule has 0 saturated carbocycles. The van der Waals surface area contributed by atoms with E-state index in [0.29, 0.717) is 56.4 Å². The van der Waals surface area contributed by atoms with Crippen LogP contribution in [0.3, 0.4) is 0 Å². The van der Waals surface area contributed by atoms with E-state index in [-0.39, 0.29) is 73.0 Å². The van der Waals surface area contributed by atoms with Crippen LogP contribution in [0.4, 0.5) is 0 Å². The van der Waals surface area contributed by atoms with Crippen LogP contribution in [0.25, 0.3) is 22.3 Å². The minimum absolute atomic E-state index is 0.0931. The molecule has 0 radical (unpaired) electrons. The van der Waals surface area contributed by atoms with Gasteiger partial charge in [-0.05, 0) is 95.1 Å². The third kappa shape index (κ3) is 17.1. The number of carbonyl (C=O) groups excluding carboxylic acids is 8. The number of aliphatic hydroxyl groups excluding tert-OH is 6. The molecule has 522 valence electrons. The van der Waals surface area contributed by atoms with Crippen LogP contribution in [0.5, 0.6) is 0 Å². The van der Waals surface area contributed by atoms with Crippen molar-refractivity contribution in [3.05, 3.63) is 154 Å². The van der Waals surface area contributed by atoms with Gasteiger partial charge in [0, 0.05) is 109 Å². The highest BCUT2D eigenvalue weighted by molar-refractivity contribution is 7.99. The van der Waals surface area contributed by atoms with E-state index in [0.717, 1.165) is 25.0 Å². The molecular formula is C68H76N6O22S2. The van der Waals surface area contributed by atoms with E-state index in [1.807, 2.05) is 0 Å².